The normalized spacial score (nSPS) is 10.6. The van der Waals surface area contributed by atoms with E-state index in [1.165, 1.54) is 0 Å². The third-order valence-corrected chi connectivity index (χ3v) is 2.43. The molecule has 1 unspecified atom stereocenters. The van der Waals surface area contributed by atoms with Gasteiger partial charge in [-0.1, -0.05) is 30.3 Å². The predicted octanol–water partition coefficient (Wildman–Crippen LogP) is 0.907. The van der Waals surface area contributed by atoms with Crippen molar-refractivity contribution in [1.29, 1.82) is 0 Å². The Morgan fingerprint density at radius 3 is 2.42 bits per heavy atom. The van der Waals surface area contributed by atoms with E-state index in [1.54, 1.807) is 7.05 Å². The van der Waals surface area contributed by atoms with Crippen molar-refractivity contribution in [2.24, 2.45) is 5.73 Å². The number of ether oxygens (including phenoxy) is 1. The highest BCUT2D eigenvalue weighted by Gasteiger charge is 2.11. The SMILES string of the molecule is CNC(=S)OCC(CO)c1ccccc1.NC(=O)O. The summed E-state index contributed by atoms with van der Waals surface area (Å²) in [4.78, 5) is 8.78. The molecule has 0 aliphatic carbocycles. The van der Waals surface area contributed by atoms with Crippen LogP contribution in [0.25, 0.3) is 0 Å². The minimum Gasteiger partial charge on any atom is -0.470 e. The van der Waals surface area contributed by atoms with E-state index in [9.17, 15) is 5.11 Å². The maximum atomic E-state index is 9.22. The number of aliphatic hydroxyl groups excluding tert-OH is 1. The second-order valence-electron chi connectivity index (χ2n) is 3.48. The fraction of sp³-hybridized carbons (Fsp3) is 0.333. The lowest BCUT2D eigenvalue weighted by Crippen LogP contribution is -2.23. The van der Waals surface area contributed by atoms with Crippen molar-refractivity contribution >= 4 is 23.5 Å². The Morgan fingerprint density at radius 1 is 1.47 bits per heavy atom. The standard InChI is InChI=1S/C11H15NO2S.CH3NO2/c1-12-11(15)14-8-10(7-13)9-5-3-2-4-6-9;2-1(3)4/h2-6,10,13H,7-8H2,1H3,(H,12,15);2H2,(H,3,4). The van der Waals surface area contributed by atoms with Crippen LogP contribution in [0.5, 0.6) is 0 Å². The molecule has 0 aromatic heterocycles. The topological polar surface area (TPSA) is 105 Å². The Kier molecular flexibility index (Phi) is 9.11. The molecule has 5 N–H and O–H groups in total. The molecule has 0 radical (unpaired) electrons. The molecule has 1 atom stereocenters. The number of thiocarbonyl (C=S) groups is 1. The highest BCUT2D eigenvalue weighted by atomic mass is 32.1. The Bertz CT molecular complexity index is 383. The molecule has 0 bridgehead atoms. The van der Waals surface area contributed by atoms with Gasteiger partial charge in [-0.15, -0.1) is 0 Å². The largest absolute Gasteiger partial charge is 0.470 e. The molecule has 0 aliphatic heterocycles. The minimum atomic E-state index is -1.33. The first-order valence-corrected chi connectivity index (χ1v) is 5.90. The zero-order valence-electron chi connectivity index (χ0n) is 10.6. The first kappa shape index (κ1) is 17.1. The van der Waals surface area contributed by atoms with Crippen molar-refractivity contribution in [3.8, 4) is 0 Å². The molecule has 0 spiro atoms. The summed E-state index contributed by atoms with van der Waals surface area (Å²) in [6.45, 7) is 0.441. The van der Waals surface area contributed by atoms with E-state index in [2.05, 4.69) is 11.1 Å². The number of amides is 1. The molecule has 6 nitrogen and oxygen atoms in total. The lowest BCUT2D eigenvalue weighted by Gasteiger charge is -2.15. The van der Waals surface area contributed by atoms with E-state index in [0.29, 0.717) is 11.8 Å². The van der Waals surface area contributed by atoms with E-state index in [4.69, 9.17) is 26.9 Å². The van der Waals surface area contributed by atoms with Crippen molar-refractivity contribution in [2.45, 2.75) is 5.92 Å². The van der Waals surface area contributed by atoms with Gasteiger partial charge < -0.3 is 26.0 Å². The van der Waals surface area contributed by atoms with Crippen LogP contribution < -0.4 is 11.1 Å². The summed E-state index contributed by atoms with van der Waals surface area (Å²) < 4.78 is 5.26. The van der Waals surface area contributed by atoms with Crippen LogP contribution in [0.1, 0.15) is 11.5 Å². The summed E-state index contributed by atoms with van der Waals surface area (Å²) >= 11 is 4.86. The molecule has 106 valence electrons. The third-order valence-electron chi connectivity index (χ3n) is 2.11. The molecule has 0 saturated heterocycles. The van der Waals surface area contributed by atoms with Gasteiger partial charge in [0.25, 0.3) is 5.17 Å². The van der Waals surface area contributed by atoms with Crippen molar-refractivity contribution in [2.75, 3.05) is 20.3 Å². The van der Waals surface area contributed by atoms with Crippen LogP contribution in [-0.4, -0.2) is 41.7 Å². The Hall–Kier alpha value is -1.86. The van der Waals surface area contributed by atoms with Gasteiger partial charge in [0.1, 0.15) is 0 Å². The molecule has 0 heterocycles. The number of nitrogens with one attached hydrogen (secondary N) is 1. The third kappa shape index (κ3) is 8.81. The summed E-state index contributed by atoms with van der Waals surface area (Å²) in [6.07, 6.45) is -1.33. The van der Waals surface area contributed by atoms with Gasteiger partial charge >= 0.3 is 6.09 Å². The summed E-state index contributed by atoms with van der Waals surface area (Å²) in [5, 5.41) is 19.5. The quantitative estimate of drug-likeness (QED) is 0.613. The van der Waals surface area contributed by atoms with Crippen LogP contribution in [-0.2, 0) is 4.74 Å². The van der Waals surface area contributed by atoms with Gasteiger partial charge in [0, 0.05) is 13.0 Å². The van der Waals surface area contributed by atoms with Gasteiger partial charge in [0.05, 0.1) is 13.2 Å². The maximum absolute atomic E-state index is 9.22. The molecule has 1 amide bonds. The molecule has 19 heavy (non-hydrogen) atoms. The van der Waals surface area contributed by atoms with Crippen LogP contribution >= 0.6 is 12.2 Å². The molecule has 1 aromatic carbocycles. The number of nitrogens with two attached hydrogens (primary N) is 1. The molecule has 1 rings (SSSR count). The van der Waals surface area contributed by atoms with E-state index in [1.807, 2.05) is 30.3 Å². The van der Waals surface area contributed by atoms with E-state index >= 15 is 0 Å². The Morgan fingerprint density at radius 2 is 2.00 bits per heavy atom. The zero-order valence-corrected chi connectivity index (χ0v) is 11.4. The number of benzene rings is 1. The van der Waals surface area contributed by atoms with Gasteiger partial charge in [-0.25, -0.2) is 4.79 Å². The number of aliphatic hydroxyl groups is 1. The molecule has 1 aromatic rings. The van der Waals surface area contributed by atoms with Crippen molar-refractivity contribution < 1.29 is 19.7 Å². The number of hydrogen-bond donors (Lipinski definition) is 4. The lowest BCUT2D eigenvalue weighted by molar-refractivity contribution is 0.198. The van der Waals surface area contributed by atoms with E-state index < -0.39 is 6.09 Å². The first-order chi connectivity index (χ1) is 9.01. The fourth-order valence-electron chi connectivity index (χ4n) is 1.23. The summed E-state index contributed by atoms with van der Waals surface area (Å²) in [5.74, 6) is -0.0301. The van der Waals surface area contributed by atoms with E-state index in [-0.39, 0.29) is 12.5 Å². The molecule has 0 saturated carbocycles. The predicted molar refractivity (Wildman–Crippen MR) is 76.1 cm³/mol. The smallest absolute Gasteiger partial charge is 0.402 e. The second-order valence-corrected chi connectivity index (χ2v) is 3.85. The van der Waals surface area contributed by atoms with Crippen LogP contribution in [0.15, 0.2) is 30.3 Å². The van der Waals surface area contributed by atoms with Crippen LogP contribution in [0, 0.1) is 0 Å². The van der Waals surface area contributed by atoms with Gasteiger partial charge in [-0.2, -0.15) is 0 Å². The number of carbonyl (C=O) groups is 1. The molecule has 7 heteroatoms. The molecule has 0 fully saturated rings. The maximum Gasteiger partial charge on any atom is 0.402 e. The minimum absolute atomic E-state index is 0.0301. The van der Waals surface area contributed by atoms with Crippen molar-refractivity contribution in [3.63, 3.8) is 0 Å². The highest BCUT2D eigenvalue weighted by Crippen LogP contribution is 2.14. The van der Waals surface area contributed by atoms with Gasteiger partial charge in [-0.05, 0) is 17.8 Å². The van der Waals surface area contributed by atoms with Crippen LogP contribution in [0.4, 0.5) is 4.79 Å². The van der Waals surface area contributed by atoms with Gasteiger partial charge in [-0.3, -0.25) is 0 Å². The van der Waals surface area contributed by atoms with E-state index in [0.717, 1.165) is 5.56 Å². The average molecular weight is 286 g/mol. The van der Waals surface area contributed by atoms with Crippen LogP contribution in [0.3, 0.4) is 0 Å². The highest BCUT2D eigenvalue weighted by molar-refractivity contribution is 7.80. The Balaban J connectivity index is 0.000000711. The first-order valence-electron chi connectivity index (χ1n) is 5.50. The van der Waals surface area contributed by atoms with Crippen molar-refractivity contribution in [1.82, 2.24) is 5.32 Å². The number of hydrogen-bond acceptors (Lipinski definition) is 4. The van der Waals surface area contributed by atoms with Gasteiger partial charge in [0.15, 0.2) is 0 Å². The summed E-state index contributed by atoms with van der Waals surface area (Å²) in [6, 6.07) is 9.75. The molecule has 0 aliphatic rings. The summed E-state index contributed by atoms with van der Waals surface area (Å²) in [7, 11) is 1.71. The zero-order chi connectivity index (χ0) is 14.7. The number of primary amides is 1. The molecular weight excluding hydrogens is 268 g/mol. The monoisotopic (exact) mass is 286 g/mol. The van der Waals surface area contributed by atoms with Crippen molar-refractivity contribution in [3.05, 3.63) is 35.9 Å². The lowest BCUT2D eigenvalue weighted by atomic mass is 10.0. The second kappa shape index (κ2) is 10.1. The fourth-order valence-corrected chi connectivity index (χ4v) is 1.30. The summed E-state index contributed by atoms with van der Waals surface area (Å²) in [5.41, 5.74) is 5.08. The molecular formula is C12H18N2O4S. The Labute approximate surface area is 117 Å². The van der Waals surface area contributed by atoms with Gasteiger partial charge in [0.2, 0.25) is 0 Å². The number of carboxylic acid groups (broad SMARTS) is 1. The number of rotatable bonds is 4. The van der Waals surface area contributed by atoms with Crippen LogP contribution in [0.2, 0.25) is 0 Å². The average Bonchev–Trinajstić information content (AvgIpc) is 2.39.